The van der Waals surface area contributed by atoms with Crippen LogP contribution in [0.1, 0.15) is 20.8 Å². The molecule has 0 spiro atoms. The van der Waals surface area contributed by atoms with Crippen LogP contribution in [0.25, 0.3) is 0 Å². The Balaban J connectivity index is 2.16. The highest BCUT2D eigenvalue weighted by atomic mass is 16.6. The Bertz CT molecular complexity index is 519. The molecule has 0 aliphatic carbocycles. The lowest BCUT2D eigenvalue weighted by Gasteiger charge is -2.43. The molecule has 1 aliphatic rings. The molecule has 0 atom stereocenters. The maximum atomic E-state index is 11.0. The van der Waals surface area contributed by atoms with E-state index in [1.807, 2.05) is 6.07 Å². The minimum Gasteiger partial charge on any atom is -0.369 e. The van der Waals surface area contributed by atoms with Gasteiger partial charge >= 0.3 is 0 Å². The van der Waals surface area contributed by atoms with Gasteiger partial charge in [0.2, 0.25) is 0 Å². The van der Waals surface area contributed by atoms with Crippen LogP contribution < -0.4 is 16.2 Å². The largest absolute Gasteiger partial charge is 0.369 e. The Morgan fingerprint density at radius 3 is 2.29 bits per heavy atom. The van der Waals surface area contributed by atoms with Gasteiger partial charge in [0.15, 0.2) is 0 Å². The summed E-state index contributed by atoms with van der Waals surface area (Å²) in [5.41, 5.74) is 4.09. The quantitative estimate of drug-likeness (QED) is 0.502. The van der Waals surface area contributed by atoms with Crippen LogP contribution in [-0.2, 0) is 0 Å². The summed E-state index contributed by atoms with van der Waals surface area (Å²) < 4.78 is 0. The molecule has 3 N–H and O–H groups in total. The summed E-state index contributed by atoms with van der Waals surface area (Å²) in [7, 11) is 0. The van der Waals surface area contributed by atoms with E-state index in [1.165, 1.54) is 6.07 Å². The highest BCUT2D eigenvalue weighted by molar-refractivity contribution is 5.64. The number of non-ortho nitro benzene ring substituents is 1. The van der Waals surface area contributed by atoms with Crippen LogP contribution >= 0.6 is 0 Å². The number of anilines is 2. The Labute approximate surface area is 124 Å². The van der Waals surface area contributed by atoms with Gasteiger partial charge in [0.05, 0.1) is 10.6 Å². The number of nitrogen functional groups attached to an aromatic ring is 1. The summed E-state index contributed by atoms with van der Waals surface area (Å²) in [6.45, 7) is 10.2. The predicted molar refractivity (Wildman–Crippen MR) is 84.4 cm³/mol. The van der Waals surface area contributed by atoms with E-state index >= 15 is 0 Å². The van der Waals surface area contributed by atoms with E-state index in [0.717, 1.165) is 31.9 Å². The molecule has 0 amide bonds. The Hall–Kier alpha value is -1.86. The van der Waals surface area contributed by atoms with Gasteiger partial charge in [-0.25, -0.2) is 0 Å². The smallest absolute Gasteiger partial charge is 0.273 e. The summed E-state index contributed by atoms with van der Waals surface area (Å²) in [4.78, 5) is 15.2. The number of hydrazine groups is 1. The number of piperazine rings is 1. The van der Waals surface area contributed by atoms with Gasteiger partial charge in [-0.15, -0.1) is 0 Å². The second kappa shape index (κ2) is 5.87. The average Bonchev–Trinajstić information content (AvgIpc) is 2.46. The van der Waals surface area contributed by atoms with Crippen LogP contribution in [0.5, 0.6) is 0 Å². The standard InChI is InChI=1S/C14H23N5O2/c1-14(2,3)18-6-4-17(5-7-18)12-8-11(16-15)9-13(10-12)19(20)21/h8-10,16H,4-7,15H2,1-3H3. The Kier molecular flexibility index (Phi) is 4.34. The molecule has 0 unspecified atom stereocenters. The van der Waals surface area contributed by atoms with E-state index in [1.54, 1.807) is 6.07 Å². The zero-order valence-electron chi connectivity index (χ0n) is 12.8. The summed E-state index contributed by atoms with van der Waals surface area (Å²) in [6, 6.07) is 4.89. The van der Waals surface area contributed by atoms with E-state index in [0.29, 0.717) is 5.69 Å². The molecule has 2 rings (SSSR count). The van der Waals surface area contributed by atoms with Crippen molar-refractivity contribution in [3.05, 3.63) is 28.3 Å². The molecule has 7 nitrogen and oxygen atoms in total. The second-order valence-corrected chi connectivity index (χ2v) is 6.28. The van der Waals surface area contributed by atoms with Gasteiger partial charge in [-0.2, -0.15) is 0 Å². The van der Waals surface area contributed by atoms with Crippen molar-refractivity contribution >= 4 is 17.1 Å². The lowest BCUT2D eigenvalue weighted by Crippen LogP contribution is -2.53. The normalized spacial score (nSPS) is 16.9. The maximum Gasteiger partial charge on any atom is 0.273 e. The van der Waals surface area contributed by atoms with Crippen molar-refractivity contribution in [1.29, 1.82) is 0 Å². The number of hydrogen-bond acceptors (Lipinski definition) is 6. The van der Waals surface area contributed by atoms with Crippen molar-refractivity contribution in [3.63, 3.8) is 0 Å². The van der Waals surface area contributed by atoms with E-state index in [-0.39, 0.29) is 11.2 Å². The number of nitrogens with zero attached hydrogens (tertiary/aromatic N) is 3. The third-order valence-corrected chi connectivity index (χ3v) is 3.87. The minimum atomic E-state index is -0.393. The molecule has 1 aromatic carbocycles. The molecule has 1 aliphatic heterocycles. The molecule has 0 saturated carbocycles. The SMILES string of the molecule is CC(C)(C)N1CCN(c2cc(NN)cc([N+](=O)[O-])c2)CC1. The number of nitro groups is 1. The summed E-state index contributed by atoms with van der Waals surface area (Å²) >= 11 is 0. The summed E-state index contributed by atoms with van der Waals surface area (Å²) in [5.74, 6) is 5.40. The van der Waals surface area contributed by atoms with Crippen molar-refractivity contribution < 1.29 is 4.92 Å². The highest BCUT2D eigenvalue weighted by Crippen LogP contribution is 2.28. The fraction of sp³-hybridized carbons (Fsp3) is 0.571. The van der Waals surface area contributed by atoms with Crippen LogP contribution in [0.4, 0.5) is 17.1 Å². The molecule has 7 heteroatoms. The first-order valence-electron chi connectivity index (χ1n) is 7.07. The van der Waals surface area contributed by atoms with E-state index in [2.05, 4.69) is 36.0 Å². The molecular formula is C14H23N5O2. The van der Waals surface area contributed by atoms with Crippen molar-refractivity contribution in [2.45, 2.75) is 26.3 Å². The molecular weight excluding hydrogens is 270 g/mol. The van der Waals surface area contributed by atoms with E-state index < -0.39 is 4.92 Å². The maximum absolute atomic E-state index is 11.0. The van der Waals surface area contributed by atoms with Crippen LogP contribution in [0, 0.1) is 10.1 Å². The van der Waals surface area contributed by atoms with Crippen molar-refractivity contribution in [2.75, 3.05) is 36.5 Å². The van der Waals surface area contributed by atoms with Crippen LogP contribution in [0.3, 0.4) is 0 Å². The third-order valence-electron chi connectivity index (χ3n) is 3.87. The van der Waals surface area contributed by atoms with Gasteiger partial charge in [0, 0.05) is 49.5 Å². The van der Waals surface area contributed by atoms with Gasteiger partial charge in [-0.3, -0.25) is 20.9 Å². The second-order valence-electron chi connectivity index (χ2n) is 6.28. The van der Waals surface area contributed by atoms with E-state index in [9.17, 15) is 10.1 Å². The fourth-order valence-corrected chi connectivity index (χ4v) is 2.60. The average molecular weight is 293 g/mol. The first-order chi connectivity index (χ1) is 9.81. The molecule has 0 bridgehead atoms. The van der Waals surface area contributed by atoms with Crippen molar-refractivity contribution in [1.82, 2.24) is 4.90 Å². The molecule has 0 aromatic heterocycles. The number of benzene rings is 1. The zero-order chi connectivity index (χ0) is 15.6. The number of hydrogen-bond donors (Lipinski definition) is 2. The molecule has 21 heavy (non-hydrogen) atoms. The number of rotatable bonds is 3. The summed E-state index contributed by atoms with van der Waals surface area (Å²) in [5, 5.41) is 11.0. The topological polar surface area (TPSA) is 87.7 Å². The van der Waals surface area contributed by atoms with Gasteiger partial charge in [0.1, 0.15) is 0 Å². The van der Waals surface area contributed by atoms with Gasteiger partial charge in [-0.05, 0) is 26.8 Å². The lowest BCUT2D eigenvalue weighted by atomic mass is 10.0. The molecule has 1 heterocycles. The molecule has 1 fully saturated rings. The zero-order valence-corrected chi connectivity index (χ0v) is 12.8. The first kappa shape index (κ1) is 15.5. The van der Waals surface area contributed by atoms with Gasteiger partial charge < -0.3 is 10.3 Å². The van der Waals surface area contributed by atoms with Crippen LogP contribution in [-0.4, -0.2) is 41.5 Å². The summed E-state index contributed by atoms with van der Waals surface area (Å²) in [6.07, 6.45) is 0. The van der Waals surface area contributed by atoms with Crippen LogP contribution in [0.2, 0.25) is 0 Å². The van der Waals surface area contributed by atoms with E-state index in [4.69, 9.17) is 5.84 Å². The Morgan fingerprint density at radius 1 is 1.19 bits per heavy atom. The predicted octanol–water partition coefficient (Wildman–Crippen LogP) is 1.80. The monoisotopic (exact) mass is 293 g/mol. The fourth-order valence-electron chi connectivity index (χ4n) is 2.60. The van der Waals surface area contributed by atoms with Crippen molar-refractivity contribution in [2.24, 2.45) is 5.84 Å². The van der Waals surface area contributed by atoms with Crippen molar-refractivity contribution in [3.8, 4) is 0 Å². The third kappa shape index (κ3) is 3.62. The molecule has 1 saturated heterocycles. The lowest BCUT2D eigenvalue weighted by molar-refractivity contribution is -0.384. The van der Waals surface area contributed by atoms with Gasteiger partial charge in [-0.1, -0.05) is 0 Å². The van der Waals surface area contributed by atoms with Crippen LogP contribution in [0.15, 0.2) is 18.2 Å². The first-order valence-corrected chi connectivity index (χ1v) is 7.07. The Morgan fingerprint density at radius 2 is 1.81 bits per heavy atom. The van der Waals surface area contributed by atoms with Gasteiger partial charge in [0.25, 0.3) is 5.69 Å². The highest BCUT2D eigenvalue weighted by Gasteiger charge is 2.26. The number of nitrogens with one attached hydrogen (secondary N) is 1. The molecule has 0 radical (unpaired) electrons. The molecule has 1 aromatic rings. The number of nitrogens with two attached hydrogens (primary N) is 1. The minimum absolute atomic E-state index is 0.0544. The number of nitro benzene ring substituents is 1. The molecule has 116 valence electrons.